The molecule has 0 saturated heterocycles. The van der Waals surface area contributed by atoms with Crippen LogP contribution >= 0.6 is 0 Å². The first-order chi connectivity index (χ1) is 11.7. The molecule has 0 bridgehead atoms. The number of Topliss-reactive ketones (excluding diaryl/α,β-unsaturated/α-hetero) is 1. The Morgan fingerprint density at radius 2 is 1.80 bits per heavy atom. The number of hydrogen-bond donors (Lipinski definition) is 0. The summed E-state index contributed by atoms with van der Waals surface area (Å²) in [6.07, 6.45) is 0.970. The predicted octanol–water partition coefficient (Wildman–Crippen LogP) is 3.19. The summed E-state index contributed by atoms with van der Waals surface area (Å²) >= 11 is 0. The van der Waals surface area contributed by atoms with Gasteiger partial charge in [-0.3, -0.25) is 10.1 Å². The van der Waals surface area contributed by atoms with Crippen molar-refractivity contribution in [2.45, 2.75) is 31.6 Å². The van der Waals surface area contributed by atoms with Crippen LogP contribution in [-0.2, 0) is 21.3 Å². The molecule has 2 aromatic rings. The third kappa shape index (κ3) is 4.63. The second kappa shape index (κ2) is 7.43. The van der Waals surface area contributed by atoms with Gasteiger partial charge >= 0.3 is 10.1 Å². The Labute approximate surface area is 145 Å². The van der Waals surface area contributed by atoms with E-state index in [4.69, 9.17) is 4.18 Å². The number of nitro benzene ring substituents is 1. The van der Waals surface area contributed by atoms with Gasteiger partial charge in [-0.2, -0.15) is 8.42 Å². The van der Waals surface area contributed by atoms with Crippen LogP contribution in [0.25, 0.3) is 0 Å². The number of benzene rings is 2. The smallest absolute Gasteiger partial charge is 0.339 e. The number of rotatable bonds is 7. The Morgan fingerprint density at radius 1 is 1.16 bits per heavy atom. The molecule has 0 aliphatic heterocycles. The van der Waals surface area contributed by atoms with E-state index in [1.165, 1.54) is 44.2 Å². The van der Waals surface area contributed by atoms with Gasteiger partial charge in [0, 0.05) is 18.1 Å². The summed E-state index contributed by atoms with van der Waals surface area (Å²) in [6, 6.07) is 10.1. The van der Waals surface area contributed by atoms with E-state index in [9.17, 15) is 23.3 Å². The molecule has 0 amide bonds. The lowest BCUT2D eigenvalue weighted by Gasteiger charge is -2.10. The van der Waals surface area contributed by atoms with Gasteiger partial charge in [0.15, 0.2) is 0 Å². The first-order valence-electron chi connectivity index (χ1n) is 7.47. The van der Waals surface area contributed by atoms with Crippen LogP contribution in [0.1, 0.15) is 24.5 Å². The molecule has 2 aromatic carbocycles. The van der Waals surface area contributed by atoms with E-state index >= 15 is 0 Å². The van der Waals surface area contributed by atoms with E-state index in [2.05, 4.69) is 0 Å². The Kier molecular flexibility index (Phi) is 5.53. The van der Waals surface area contributed by atoms with Crippen LogP contribution in [0.4, 0.5) is 5.69 Å². The molecule has 8 heteroatoms. The Morgan fingerprint density at radius 3 is 2.36 bits per heavy atom. The third-order valence-electron chi connectivity index (χ3n) is 3.62. The fraction of sp³-hybridized carbons (Fsp3) is 0.235. The third-order valence-corrected chi connectivity index (χ3v) is 5.01. The number of hydrogen-bond acceptors (Lipinski definition) is 6. The average molecular weight is 363 g/mol. The fourth-order valence-electron chi connectivity index (χ4n) is 2.28. The first-order valence-corrected chi connectivity index (χ1v) is 8.88. The lowest BCUT2D eigenvalue weighted by Crippen LogP contribution is -2.12. The van der Waals surface area contributed by atoms with Crippen molar-refractivity contribution in [3.8, 4) is 5.75 Å². The van der Waals surface area contributed by atoms with E-state index in [1.807, 2.05) is 0 Å². The van der Waals surface area contributed by atoms with Gasteiger partial charge in [-0.25, -0.2) is 0 Å². The molecule has 0 spiro atoms. The van der Waals surface area contributed by atoms with Gasteiger partial charge in [-0.15, -0.1) is 0 Å². The quantitative estimate of drug-likeness (QED) is 0.425. The highest BCUT2D eigenvalue weighted by Crippen LogP contribution is 2.27. The van der Waals surface area contributed by atoms with Crippen molar-refractivity contribution in [2.24, 2.45) is 0 Å². The summed E-state index contributed by atoms with van der Waals surface area (Å²) < 4.78 is 29.9. The molecule has 0 fully saturated rings. The van der Waals surface area contributed by atoms with Crippen molar-refractivity contribution >= 4 is 21.6 Å². The fourth-order valence-corrected chi connectivity index (χ4v) is 3.45. The van der Waals surface area contributed by atoms with Crippen LogP contribution in [-0.4, -0.2) is 19.1 Å². The Bertz CT molecular complexity index is 903. The molecule has 0 aliphatic carbocycles. The molecule has 25 heavy (non-hydrogen) atoms. The molecule has 0 saturated carbocycles. The summed E-state index contributed by atoms with van der Waals surface area (Å²) in [5.41, 5.74) is 0.612. The van der Waals surface area contributed by atoms with Gasteiger partial charge in [-0.05, 0) is 44.0 Å². The Hall–Kier alpha value is -2.74. The largest absolute Gasteiger partial charge is 0.379 e. The number of aryl methyl sites for hydroxylation is 1. The molecular formula is C17H17NO6S. The minimum atomic E-state index is -4.20. The molecule has 2 rings (SSSR count). The minimum absolute atomic E-state index is 0.0191. The van der Waals surface area contributed by atoms with Crippen molar-refractivity contribution in [3.63, 3.8) is 0 Å². The lowest BCUT2D eigenvalue weighted by molar-refractivity contribution is -0.385. The summed E-state index contributed by atoms with van der Waals surface area (Å²) in [6.45, 7) is 2.87. The molecular weight excluding hydrogens is 346 g/mol. The van der Waals surface area contributed by atoms with Crippen LogP contribution in [0.15, 0.2) is 47.4 Å². The maximum Gasteiger partial charge on any atom is 0.339 e. The van der Waals surface area contributed by atoms with Crippen LogP contribution in [0.3, 0.4) is 0 Å². The zero-order chi connectivity index (χ0) is 18.6. The normalized spacial score (nSPS) is 11.1. The average Bonchev–Trinajstić information content (AvgIpc) is 2.53. The zero-order valence-electron chi connectivity index (χ0n) is 13.8. The highest BCUT2D eigenvalue weighted by Gasteiger charge is 2.24. The van der Waals surface area contributed by atoms with E-state index < -0.39 is 15.0 Å². The molecule has 0 heterocycles. The van der Waals surface area contributed by atoms with Crippen molar-refractivity contribution in [1.29, 1.82) is 0 Å². The van der Waals surface area contributed by atoms with E-state index in [1.54, 1.807) is 12.1 Å². The van der Waals surface area contributed by atoms with Gasteiger partial charge in [-0.1, -0.05) is 18.2 Å². The second-order valence-electron chi connectivity index (χ2n) is 5.54. The van der Waals surface area contributed by atoms with Crippen LogP contribution < -0.4 is 4.18 Å². The summed E-state index contributed by atoms with van der Waals surface area (Å²) in [4.78, 5) is 21.0. The number of nitrogens with zero attached hydrogens (tertiary/aromatic N) is 1. The van der Waals surface area contributed by atoms with E-state index in [0.717, 1.165) is 5.56 Å². The van der Waals surface area contributed by atoms with Gasteiger partial charge in [0.2, 0.25) is 0 Å². The monoisotopic (exact) mass is 363 g/mol. The van der Waals surface area contributed by atoms with E-state index in [-0.39, 0.29) is 27.7 Å². The van der Waals surface area contributed by atoms with Crippen LogP contribution in [0, 0.1) is 17.0 Å². The topological polar surface area (TPSA) is 104 Å². The molecule has 7 nitrogen and oxygen atoms in total. The number of ketones is 1. The minimum Gasteiger partial charge on any atom is -0.379 e. The van der Waals surface area contributed by atoms with Crippen LogP contribution in [0.5, 0.6) is 5.75 Å². The molecule has 0 aliphatic rings. The highest BCUT2D eigenvalue weighted by atomic mass is 32.2. The maximum atomic E-state index is 12.4. The molecule has 132 valence electrons. The van der Waals surface area contributed by atoms with Gasteiger partial charge < -0.3 is 8.98 Å². The van der Waals surface area contributed by atoms with Crippen molar-refractivity contribution in [2.75, 3.05) is 0 Å². The molecule has 0 atom stereocenters. The Balaban J connectivity index is 2.23. The van der Waals surface area contributed by atoms with Gasteiger partial charge in [0.1, 0.15) is 16.4 Å². The predicted molar refractivity (Wildman–Crippen MR) is 91.1 cm³/mol. The standard InChI is InChI=1S/C17H17NO6S/c1-12(19)6-7-14-8-10-15(11-9-14)24-25(22,23)17-5-3-4-16(13(17)2)18(20)21/h3-5,8-11H,6-7H2,1-2H3. The molecule has 0 unspecified atom stereocenters. The van der Waals surface area contributed by atoms with Crippen molar-refractivity contribution < 1.29 is 22.3 Å². The number of carbonyl (C=O) groups excluding carboxylic acids is 1. The molecule has 0 N–H and O–H groups in total. The first kappa shape index (κ1) is 18.6. The molecule has 0 radical (unpaired) electrons. The lowest BCUT2D eigenvalue weighted by atomic mass is 10.1. The highest BCUT2D eigenvalue weighted by molar-refractivity contribution is 7.87. The SMILES string of the molecule is CC(=O)CCc1ccc(OS(=O)(=O)c2cccc([N+](=O)[O-])c2C)cc1. The number of nitro groups is 1. The van der Waals surface area contributed by atoms with E-state index in [0.29, 0.717) is 12.8 Å². The van der Waals surface area contributed by atoms with Gasteiger partial charge in [0.25, 0.3) is 5.69 Å². The van der Waals surface area contributed by atoms with Crippen molar-refractivity contribution in [1.82, 2.24) is 0 Å². The number of carbonyl (C=O) groups is 1. The second-order valence-corrected chi connectivity index (χ2v) is 7.06. The summed E-state index contributed by atoms with van der Waals surface area (Å²) in [5, 5.41) is 11.0. The maximum absolute atomic E-state index is 12.4. The summed E-state index contributed by atoms with van der Waals surface area (Å²) in [5.74, 6) is 0.168. The summed E-state index contributed by atoms with van der Waals surface area (Å²) in [7, 11) is -4.20. The molecule has 0 aromatic heterocycles. The van der Waals surface area contributed by atoms with Gasteiger partial charge in [0.05, 0.1) is 4.92 Å². The van der Waals surface area contributed by atoms with Crippen molar-refractivity contribution in [3.05, 3.63) is 63.7 Å². The zero-order valence-corrected chi connectivity index (χ0v) is 14.6. The van der Waals surface area contributed by atoms with Crippen LogP contribution in [0.2, 0.25) is 0 Å².